The molecule has 1 fully saturated rings. The van der Waals surface area contributed by atoms with Crippen LogP contribution in [-0.2, 0) is 9.47 Å². The number of rotatable bonds is 10. The second-order valence-corrected chi connectivity index (χ2v) is 6.28. The molecule has 0 unspecified atom stereocenters. The smallest absolute Gasteiger partial charge is 0.193 e. The highest BCUT2D eigenvalue weighted by Crippen LogP contribution is 2.15. The molecule has 1 heterocycles. The van der Waals surface area contributed by atoms with E-state index < -0.39 is 0 Å². The summed E-state index contributed by atoms with van der Waals surface area (Å²) >= 11 is 0. The maximum absolute atomic E-state index is 5.94. The van der Waals surface area contributed by atoms with Crippen LogP contribution in [0.5, 0.6) is 0 Å². The largest absolute Gasteiger partial charge is 0.385 e. The van der Waals surface area contributed by atoms with Crippen LogP contribution >= 0.6 is 0 Å². The molecule has 136 valence electrons. The molecule has 1 N–H and O–H groups in total. The molecule has 0 aromatic heterocycles. The molecule has 23 heavy (non-hydrogen) atoms. The first-order valence-electron chi connectivity index (χ1n) is 9.38. The molecular formula is C18H37N3O2. The van der Waals surface area contributed by atoms with Crippen molar-refractivity contribution in [3.8, 4) is 0 Å². The summed E-state index contributed by atoms with van der Waals surface area (Å²) in [7, 11) is 1.74. The number of guanidine groups is 1. The third-order valence-electron chi connectivity index (χ3n) is 4.58. The second kappa shape index (κ2) is 12.6. The van der Waals surface area contributed by atoms with Gasteiger partial charge in [0.15, 0.2) is 5.96 Å². The van der Waals surface area contributed by atoms with Crippen LogP contribution in [0.25, 0.3) is 0 Å². The van der Waals surface area contributed by atoms with Gasteiger partial charge >= 0.3 is 0 Å². The predicted molar refractivity (Wildman–Crippen MR) is 97.1 cm³/mol. The number of methoxy groups -OCH3 is 1. The van der Waals surface area contributed by atoms with Crippen LogP contribution in [-0.4, -0.2) is 63.5 Å². The van der Waals surface area contributed by atoms with E-state index in [1.54, 1.807) is 7.11 Å². The fourth-order valence-corrected chi connectivity index (χ4v) is 2.88. The summed E-state index contributed by atoms with van der Waals surface area (Å²) in [5.41, 5.74) is 0. The van der Waals surface area contributed by atoms with Crippen molar-refractivity contribution in [3.63, 3.8) is 0 Å². The minimum Gasteiger partial charge on any atom is -0.385 e. The molecule has 0 spiro atoms. The van der Waals surface area contributed by atoms with Crippen LogP contribution in [0.2, 0.25) is 0 Å². The number of nitrogens with one attached hydrogen (secondary N) is 1. The molecule has 0 atom stereocenters. The van der Waals surface area contributed by atoms with Crippen molar-refractivity contribution in [1.29, 1.82) is 0 Å². The normalized spacial score (nSPS) is 17.1. The zero-order valence-electron chi connectivity index (χ0n) is 15.6. The Bertz CT molecular complexity index is 311. The van der Waals surface area contributed by atoms with Crippen LogP contribution in [0.1, 0.15) is 52.9 Å². The van der Waals surface area contributed by atoms with Gasteiger partial charge in [-0.15, -0.1) is 0 Å². The van der Waals surface area contributed by atoms with Crippen molar-refractivity contribution in [2.45, 2.75) is 59.0 Å². The second-order valence-electron chi connectivity index (χ2n) is 6.28. The highest BCUT2D eigenvalue weighted by Gasteiger charge is 2.21. The zero-order chi connectivity index (χ0) is 16.9. The van der Waals surface area contributed by atoms with E-state index in [0.717, 1.165) is 64.6 Å². The molecule has 5 heteroatoms. The minimum atomic E-state index is 0.394. The monoisotopic (exact) mass is 327 g/mol. The average molecular weight is 328 g/mol. The van der Waals surface area contributed by atoms with Gasteiger partial charge in [0.25, 0.3) is 0 Å². The van der Waals surface area contributed by atoms with Gasteiger partial charge in [-0.25, -0.2) is 0 Å². The lowest BCUT2D eigenvalue weighted by atomic mass is 10.0. The Morgan fingerprint density at radius 3 is 2.43 bits per heavy atom. The molecule has 5 nitrogen and oxygen atoms in total. The molecule has 0 amide bonds. The van der Waals surface area contributed by atoms with Crippen LogP contribution in [0.15, 0.2) is 4.99 Å². The number of nitrogens with zero attached hydrogens (tertiary/aromatic N) is 2. The topological polar surface area (TPSA) is 46.1 Å². The fourth-order valence-electron chi connectivity index (χ4n) is 2.88. The van der Waals surface area contributed by atoms with E-state index >= 15 is 0 Å². The van der Waals surface area contributed by atoms with Gasteiger partial charge in [0.2, 0.25) is 0 Å². The van der Waals surface area contributed by atoms with Crippen LogP contribution in [0.3, 0.4) is 0 Å². The van der Waals surface area contributed by atoms with Crippen molar-refractivity contribution in [1.82, 2.24) is 10.2 Å². The third-order valence-corrected chi connectivity index (χ3v) is 4.58. The molecule has 0 radical (unpaired) electrons. The molecule has 0 saturated carbocycles. The molecule has 0 aliphatic carbocycles. The van der Waals surface area contributed by atoms with Gasteiger partial charge in [-0.2, -0.15) is 0 Å². The number of hydrogen-bond acceptors (Lipinski definition) is 3. The molecule has 0 aromatic rings. The van der Waals surface area contributed by atoms with Crippen molar-refractivity contribution >= 4 is 5.96 Å². The Hall–Kier alpha value is -0.810. The van der Waals surface area contributed by atoms with Gasteiger partial charge in [0.1, 0.15) is 0 Å². The number of aliphatic imine (C=N–C) groups is 1. The van der Waals surface area contributed by atoms with Crippen LogP contribution in [0, 0.1) is 5.92 Å². The van der Waals surface area contributed by atoms with Gasteiger partial charge in [-0.1, -0.05) is 26.7 Å². The number of likely N-dealkylation sites (tertiary alicyclic amines) is 1. The summed E-state index contributed by atoms with van der Waals surface area (Å²) in [6.07, 6.45) is 5.96. The maximum atomic E-state index is 5.94. The standard InChI is InChI=1S/C18H37N3O2/c1-5-16(6-2)15-20-18(19-7-3)21-11-9-17(10-12-21)23-14-8-13-22-4/h16-17H,5-15H2,1-4H3,(H,19,20). The summed E-state index contributed by atoms with van der Waals surface area (Å²) < 4.78 is 11.0. The SMILES string of the molecule is CCNC(=NCC(CC)CC)N1CCC(OCCCOC)CC1. The van der Waals surface area contributed by atoms with E-state index in [9.17, 15) is 0 Å². The number of hydrogen-bond donors (Lipinski definition) is 1. The highest BCUT2D eigenvalue weighted by atomic mass is 16.5. The van der Waals surface area contributed by atoms with Gasteiger partial charge in [0, 0.05) is 46.5 Å². The Morgan fingerprint density at radius 2 is 1.87 bits per heavy atom. The van der Waals surface area contributed by atoms with Gasteiger partial charge in [-0.05, 0) is 32.1 Å². The van der Waals surface area contributed by atoms with E-state index in [1.165, 1.54) is 12.8 Å². The average Bonchev–Trinajstić information content (AvgIpc) is 2.59. The van der Waals surface area contributed by atoms with E-state index in [2.05, 4.69) is 31.0 Å². The lowest BCUT2D eigenvalue weighted by Crippen LogP contribution is -2.47. The molecule has 1 aliphatic rings. The van der Waals surface area contributed by atoms with Crippen LogP contribution < -0.4 is 5.32 Å². The van der Waals surface area contributed by atoms with E-state index in [4.69, 9.17) is 14.5 Å². The molecule has 1 saturated heterocycles. The van der Waals surface area contributed by atoms with Gasteiger partial charge in [-0.3, -0.25) is 4.99 Å². The zero-order valence-corrected chi connectivity index (χ0v) is 15.6. The molecule has 1 rings (SSSR count). The lowest BCUT2D eigenvalue weighted by Gasteiger charge is -2.34. The first-order valence-corrected chi connectivity index (χ1v) is 9.38. The molecular weight excluding hydrogens is 290 g/mol. The van der Waals surface area contributed by atoms with Gasteiger partial charge < -0.3 is 19.7 Å². The lowest BCUT2D eigenvalue weighted by molar-refractivity contribution is 0.00989. The third kappa shape index (κ3) is 8.02. The Kier molecular flexibility index (Phi) is 11.1. The van der Waals surface area contributed by atoms with Crippen molar-refractivity contribution in [2.24, 2.45) is 10.9 Å². The number of piperidine rings is 1. The first-order chi connectivity index (χ1) is 11.2. The molecule has 0 bridgehead atoms. The quantitative estimate of drug-likeness (QED) is 0.381. The molecule has 0 aromatic carbocycles. The summed E-state index contributed by atoms with van der Waals surface area (Å²) in [5, 5.41) is 3.45. The summed E-state index contributed by atoms with van der Waals surface area (Å²) in [6, 6.07) is 0. The summed E-state index contributed by atoms with van der Waals surface area (Å²) in [6.45, 7) is 12.2. The first kappa shape index (κ1) is 20.2. The summed E-state index contributed by atoms with van der Waals surface area (Å²) in [5.74, 6) is 1.78. The van der Waals surface area contributed by atoms with Crippen molar-refractivity contribution < 1.29 is 9.47 Å². The number of ether oxygens (including phenoxy) is 2. The van der Waals surface area contributed by atoms with Crippen LogP contribution in [0.4, 0.5) is 0 Å². The van der Waals surface area contributed by atoms with E-state index in [0.29, 0.717) is 12.0 Å². The minimum absolute atomic E-state index is 0.394. The summed E-state index contributed by atoms with van der Waals surface area (Å²) in [4.78, 5) is 7.25. The predicted octanol–water partition coefficient (Wildman–Crippen LogP) is 2.91. The maximum Gasteiger partial charge on any atom is 0.193 e. The van der Waals surface area contributed by atoms with E-state index in [-0.39, 0.29) is 0 Å². The Labute approximate surface area is 142 Å². The van der Waals surface area contributed by atoms with Crippen molar-refractivity contribution in [2.75, 3.05) is 46.5 Å². The highest BCUT2D eigenvalue weighted by molar-refractivity contribution is 5.80. The Balaban J connectivity index is 2.39. The van der Waals surface area contributed by atoms with Crippen molar-refractivity contribution in [3.05, 3.63) is 0 Å². The molecule has 1 aliphatic heterocycles. The van der Waals surface area contributed by atoms with Gasteiger partial charge in [0.05, 0.1) is 6.10 Å². The Morgan fingerprint density at radius 1 is 1.17 bits per heavy atom. The van der Waals surface area contributed by atoms with E-state index in [1.807, 2.05) is 0 Å². The fraction of sp³-hybridized carbons (Fsp3) is 0.944.